The summed E-state index contributed by atoms with van der Waals surface area (Å²) in [7, 11) is 0. The van der Waals surface area contributed by atoms with Gasteiger partial charge in [-0.3, -0.25) is 9.48 Å². The Labute approximate surface area is 110 Å². The third kappa shape index (κ3) is 4.17. The highest BCUT2D eigenvalue weighted by atomic mass is 16.1. The fourth-order valence-corrected chi connectivity index (χ4v) is 1.85. The van der Waals surface area contributed by atoms with Crippen LogP contribution in [0.15, 0.2) is 6.07 Å². The van der Waals surface area contributed by atoms with Gasteiger partial charge in [-0.15, -0.1) is 0 Å². The van der Waals surface area contributed by atoms with Crippen LogP contribution < -0.4 is 5.32 Å². The second-order valence-electron chi connectivity index (χ2n) is 5.27. The van der Waals surface area contributed by atoms with Crippen LogP contribution >= 0.6 is 0 Å². The van der Waals surface area contributed by atoms with Crippen molar-refractivity contribution in [2.75, 3.05) is 6.54 Å². The number of carbonyl (C=O) groups is 1. The first-order chi connectivity index (χ1) is 8.43. The lowest BCUT2D eigenvalue weighted by Crippen LogP contribution is -2.33. The zero-order chi connectivity index (χ0) is 13.7. The van der Waals surface area contributed by atoms with Crippen LogP contribution in [0.1, 0.15) is 38.6 Å². The van der Waals surface area contributed by atoms with Gasteiger partial charge in [0.15, 0.2) is 0 Å². The van der Waals surface area contributed by atoms with Crippen molar-refractivity contribution in [3.05, 3.63) is 17.5 Å². The number of nitrogens with zero attached hydrogens (tertiary/aromatic N) is 2. The smallest absolute Gasteiger partial charge is 0.222 e. The number of nitrogens with one attached hydrogen (secondary N) is 1. The van der Waals surface area contributed by atoms with Gasteiger partial charge in [0.05, 0.1) is 5.69 Å². The number of rotatable bonds is 6. The van der Waals surface area contributed by atoms with Crippen LogP contribution in [0, 0.1) is 25.7 Å². The molecule has 0 aliphatic carbocycles. The molecule has 2 atom stereocenters. The van der Waals surface area contributed by atoms with Crippen molar-refractivity contribution in [1.82, 2.24) is 15.1 Å². The van der Waals surface area contributed by atoms with Gasteiger partial charge in [0.25, 0.3) is 0 Å². The van der Waals surface area contributed by atoms with Gasteiger partial charge < -0.3 is 5.32 Å². The molecule has 0 saturated heterocycles. The van der Waals surface area contributed by atoms with Gasteiger partial charge in [0, 0.05) is 24.7 Å². The van der Waals surface area contributed by atoms with Crippen LogP contribution in [0.2, 0.25) is 0 Å². The molecule has 0 saturated carbocycles. The molecule has 0 bridgehead atoms. The Morgan fingerprint density at radius 1 is 1.44 bits per heavy atom. The number of aryl methyl sites for hydroxylation is 2. The molecule has 1 N–H and O–H groups in total. The van der Waals surface area contributed by atoms with Crippen LogP contribution in [-0.4, -0.2) is 22.2 Å². The standard InChI is InChI=1S/C14H25N3O/c1-6-11(3)14(18)15-8-10(2)9-17-13(5)7-12(4)16-17/h7,10-11H,6,8-9H2,1-5H3,(H,15,18)/t10-,11-/m0/s1. The number of amides is 1. The van der Waals surface area contributed by atoms with Crippen LogP contribution in [-0.2, 0) is 11.3 Å². The van der Waals surface area contributed by atoms with Crippen LogP contribution in [0.5, 0.6) is 0 Å². The molecule has 0 radical (unpaired) electrons. The number of carbonyl (C=O) groups excluding carboxylic acids is 1. The summed E-state index contributed by atoms with van der Waals surface area (Å²) in [4.78, 5) is 11.7. The van der Waals surface area contributed by atoms with Crippen molar-refractivity contribution >= 4 is 5.91 Å². The maximum Gasteiger partial charge on any atom is 0.222 e. The summed E-state index contributed by atoms with van der Waals surface area (Å²) >= 11 is 0. The molecule has 4 nitrogen and oxygen atoms in total. The predicted molar refractivity (Wildman–Crippen MR) is 73.3 cm³/mol. The molecule has 1 aromatic rings. The van der Waals surface area contributed by atoms with Crippen LogP contribution in [0.25, 0.3) is 0 Å². The summed E-state index contributed by atoms with van der Waals surface area (Å²) in [6, 6.07) is 2.07. The fraction of sp³-hybridized carbons (Fsp3) is 0.714. The van der Waals surface area contributed by atoms with E-state index in [9.17, 15) is 4.79 Å². The monoisotopic (exact) mass is 251 g/mol. The molecule has 1 amide bonds. The van der Waals surface area contributed by atoms with Crippen molar-refractivity contribution < 1.29 is 4.79 Å². The Morgan fingerprint density at radius 3 is 2.61 bits per heavy atom. The normalized spacial score (nSPS) is 14.3. The average Bonchev–Trinajstić information content (AvgIpc) is 2.63. The SMILES string of the molecule is CC[C@H](C)C(=O)NC[C@H](C)Cn1nc(C)cc1C. The summed E-state index contributed by atoms with van der Waals surface area (Å²) < 4.78 is 2.01. The Bertz CT molecular complexity index is 398. The molecule has 0 aliphatic rings. The maximum atomic E-state index is 11.7. The molecule has 1 aromatic heterocycles. The molecule has 4 heteroatoms. The van der Waals surface area contributed by atoms with E-state index in [4.69, 9.17) is 0 Å². The Balaban J connectivity index is 2.40. The summed E-state index contributed by atoms with van der Waals surface area (Å²) in [5.74, 6) is 0.639. The van der Waals surface area contributed by atoms with E-state index in [1.807, 2.05) is 25.5 Å². The third-order valence-corrected chi connectivity index (χ3v) is 3.27. The summed E-state index contributed by atoms with van der Waals surface area (Å²) in [5, 5.41) is 7.43. The maximum absolute atomic E-state index is 11.7. The van der Waals surface area contributed by atoms with Gasteiger partial charge in [-0.05, 0) is 32.3 Å². The lowest BCUT2D eigenvalue weighted by atomic mass is 10.1. The van der Waals surface area contributed by atoms with E-state index in [-0.39, 0.29) is 11.8 Å². The molecule has 0 aromatic carbocycles. The second-order valence-corrected chi connectivity index (χ2v) is 5.27. The lowest BCUT2D eigenvalue weighted by molar-refractivity contribution is -0.124. The molecule has 0 unspecified atom stereocenters. The van der Waals surface area contributed by atoms with E-state index in [1.54, 1.807) is 0 Å². The minimum atomic E-state index is 0.103. The van der Waals surface area contributed by atoms with Crippen LogP contribution in [0.3, 0.4) is 0 Å². The van der Waals surface area contributed by atoms with Gasteiger partial charge in [0.1, 0.15) is 0 Å². The molecule has 18 heavy (non-hydrogen) atoms. The van der Waals surface area contributed by atoms with E-state index in [0.717, 1.165) is 18.7 Å². The molecular weight excluding hydrogens is 226 g/mol. The molecule has 1 heterocycles. The average molecular weight is 251 g/mol. The topological polar surface area (TPSA) is 46.9 Å². The summed E-state index contributed by atoms with van der Waals surface area (Å²) in [6.07, 6.45) is 0.887. The first-order valence-corrected chi connectivity index (χ1v) is 6.72. The molecule has 0 aliphatic heterocycles. The second kappa shape index (κ2) is 6.57. The van der Waals surface area contributed by atoms with Gasteiger partial charge in [-0.2, -0.15) is 5.10 Å². The van der Waals surface area contributed by atoms with E-state index >= 15 is 0 Å². The third-order valence-electron chi connectivity index (χ3n) is 3.27. The van der Waals surface area contributed by atoms with Gasteiger partial charge >= 0.3 is 0 Å². The van der Waals surface area contributed by atoms with Gasteiger partial charge in [-0.1, -0.05) is 20.8 Å². The molecule has 102 valence electrons. The number of hydrogen-bond acceptors (Lipinski definition) is 2. The predicted octanol–water partition coefficient (Wildman–Crippen LogP) is 2.30. The molecule has 0 fully saturated rings. The van der Waals surface area contributed by atoms with E-state index in [0.29, 0.717) is 12.5 Å². The number of aromatic nitrogens is 2. The van der Waals surface area contributed by atoms with Crippen molar-refractivity contribution in [3.63, 3.8) is 0 Å². The van der Waals surface area contributed by atoms with Crippen molar-refractivity contribution in [2.45, 2.75) is 47.6 Å². The first kappa shape index (κ1) is 14.7. The van der Waals surface area contributed by atoms with Crippen LogP contribution in [0.4, 0.5) is 0 Å². The summed E-state index contributed by atoms with van der Waals surface area (Å²) in [5.41, 5.74) is 2.22. The highest BCUT2D eigenvalue weighted by molar-refractivity contribution is 5.78. The van der Waals surface area contributed by atoms with Crippen molar-refractivity contribution in [2.24, 2.45) is 11.8 Å². The Kier molecular flexibility index (Phi) is 5.38. The lowest BCUT2D eigenvalue weighted by Gasteiger charge is -2.15. The highest BCUT2D eigenvalue weighted by Crippen LogP contribution is 2.06. The van der Waals surface area contributed by atoms with E-state index in [1.165, 1.54) is 5.69 Å². The first-order valence-electron chi connectivity index (χ1n) is 6.72. The quantitative estimate of drug-likeness (QED) is 0.843. The largest absolute Gasteiger partial charge is 0.356 e. The fourth-order valence-electron chi connectivity index (χ4n) is 1.85. The molecular formula is C14H25N3O. The van der Waals surface area contributed by atoms with Crippen molar-refractivity contribution in [3.8, 4) is 0 Å². The Hall–Kier alpha value is -1.32. The summed E-state index contributed by atoms with van der Waals surface area (Å²) in [6.45, 7) is 11.7. The molecule has 0 spiro atoms. The number of hydrogen-bond donors (Lipinski definition) is 1. The zero-order valence-corrected chi connectivity index (χ0v) is 12.2. The van der Waals surface area contributed by atoms with E-state index in [2.05, 4.69) is 30.3 Å². The van der Waals surface area contributed by atoms with Crippen molar-refractivity contribution in [1.29, 1.82) is 0 Å². The van der Waals surface area contributed by atoms with E-state index < -0.39 is 0 Å². The Morgan fingerprint density at radius 2 is 2.11 bits per heavy atom. The zero-order valence-electron chi connectivity index (χ0n) is 12.2. The van der Waals surface area contributed by atoms with Gasteiger partial charge in [0.2, 0.25) is 5.91 Å². The minimum absolute atomic E-state index is 0.103. The minimum Gasteiger partial charge on any atom is -0.356 e. The van der Waals surface area contributed by atoms with Gasteiger partial charge in [-0.25, -0.2) is 0 Å². The molecule has 1 rings (SSSR count). The highest BCUT2D eigenvalue weighted by Gasteiger charge is 2.12.